The van der Waals surface area contributed by atoms with Gasteiger partial charge >= 0.3 is 0 Å². The van der Waals surface area contributed by atoms with Crippen molar-refractivity contribution in [2.75, 3.05) is 20.6 Å². The van der Waals surface area contributed by atoms with Crippen molar-refractivity contribution in [2.45, 2.75) is 25.3 Å². The number of sulfonamides is 1. The summed E-state index contributed by atoms with van der Waals surface area (Å²) in [7, 11) is -1.00. The number of aryl methyl sites for hydroxylation is 2. The molecule has 0 N–H and O–H groups in total. The summed E-state index contributed by atoms with van der Waals surface area (Å²) < 4.78 is 44.0. The van der Waals surface area contributed by atoms with Crippen LogP contribution >= 0.6 is 0 Å². The first kappa shape index (κ1) is 19.1. The van der Waals surface area contributed by atoms with Gasteiger partial charge in [-0.25, -0.2) is 12.8 Å². The quantitative estimate of drug-likeness (QED) is 0.774. The van der Waals surface area contributed by atoms with Gasteiger partial charge in [0.1, 0.15) is 16.4 Å². The van der Waals surface area contributed by atoms with Crippen molar-refractivity contribution in [3.05, 3.63) is 47.1 Å². The van der Waals surface area contributed by atoms with Crippen molar-refractivity contribution in [3.63, 3.8) is 0 Å². The van der Waals surface area contributed by atoms with Crippen LogP contribution in [0.25, 0.3) is 0 Å². The number of hydrogen-bond donors (Lipinski definition) is 0. The van der Waals surface area contributed by atoms with Gasteiger partial charge in [0.25, 0.3) is 0 Å². The van der Waals surface area contributed by atoms with Gasteiger partial charge in [0.15, 0.2) is 5.76 Å². The SMILES string of the molecule is Cc1noc(C)c1S(=O)(=O)N(C)CC(=O)N(C)Cc1ccc(F)cc1. The minimum Gasteiger partial charge on any atom is -0.360 e. The third-order valence-electron chi connectivity index (χ3n) is 3.75. The predicted molar refractivity (Wildman–Crippen MR) is 88.7 cm³/mol. The molecule has 0 saturated heterocycles. The van der Waals surface area contributed by atoms with Gasteiger partial charge in [-0.05, 0) is 31.5 Å². The molecule has 0 aliphatic heterocycles. The Morgan fingerprint density at radius 2 is 1.80 bits per heavy atom. The standard InChI is InChI=1S/C16H20FN3O4S/c1-11-16(12(2)24-18-11)25(22,23)20(4)10-15(21)19(3)9-13-5-7-14(17)8-6-13/h5-8H,9-10H2,1-4H3. The summed E-state index contributed by atoms with van der Waals surface area (Å²) in [6.07, 6.45) is 0. The monoisotopic (exact) mass is 369 g/mol. The molecule has 0 unspecified atom stereocenters. The molecular weight excluding hydrogens is 349 g/mol. The Hall–Kier alpha value is -2.26. The molecular formula is C16H20FN3O4S. The van der Waals surface area contributed by atoms with E-state index in [2.05, 4.69) is 5.16 Å². The highest BCUT2D eigenvalue weighted by molar-refractivity contribution is 7.89. The molecule has 2 aromatic rings. The second-order valence-corrected chi connectivity index (χ2v) is 7.77. The molecule has 0 fully saturated rings. The van der Waals surface area contributed by atoms with E-state index in [4.69, 9.17) is 4.52 Å². The van der Waals surface area contributed by atoms with Crippen LogP contribution in [0.15, 0.2) is 33.7 Å². The van der Waals surface area contributed by atoms with Gasteiger partial charge in [0, 0.05) is 20.6 Å². The van der Waals surface area contributed by atoms with E-state index in [1.807, 2.05) is 0 Å². The second-order valence-electron chi connectivity index (χ2n) is 5.79. The highest BCUT2D eigenvalue weighted by Crippen LogP contribution is 2.22. The fraction of sp³-hybridized carbons (Fsp3) is 0.375. The molecule has 25 heavy (non-hydrogen) atoms. The molecule has 7 nitrogen and oxygen atoms in total. The number of aromatic nitrogens is 1. The maximum Gasteiger partial charge on any atom is 0.248 e. The van der Waals surface area contributed by atoms with E-state index < -0.39 is 10.0 Å². The van der Waals surface area contributed by atoms with E-state index in [-0.39, 0.29) is 41.2 Å². The molecule has 136 valence electrons. The van der Waals surface area contributed by atoms with Gasteiger partial charge in [0.05, 0.1) is 6.54 Å². The van der Waals surface area contributed by atoms with Crippen LogP contribution in [0, 0.1) is 19.7 Å². The highest BCUT2D eigenvalue weighted by atomic mass is 32.2. The van der Waals surface area contributed by atoms with Crippen LogP contribution in [-0.2, 0) is 21.4 Å². The predicted octanol–water partition coefficient (Wildman–Crippen LogP) is 1.71. The molecule has 0 saturated carbocycles. The Bertz CT molecular complexity index is 843. The number of halogens is 1. The fourth-order valence-corrected chi connectivity index (χ4v) is 3.75. The Morgan fingerprint density at radius 1 is 1.20 bits per heavy atom. The smallest absolute Gasteiger partial charge is 0.248 e. The van der Waals surface area contributed by atoms with Crippen molar-refractivity contribution in [2.24, 2.45) is 0 Å². The summed E-state index contributed by atoms with van der Waals surface area (Å²) in [5.41, 5.74) is 0.991. The lowest BCUT2D eigenvalue weighted by Gasteiger charge is -2.22. The Morgan fingerprint density at radius 3 is 2.32 bits per heavy atom. The molecule has 2 rings (SSSR count). The summed E-state index contributed by atoms with van der Waals surface area (Å²) in [4.78, 5) is 13.7. The average Bonchev–Trinajstić information content (AvgIpc) is 2.88. The van der Waals surface area contributed by atoms with E-state index in [1.165, 1.54) is 37.9 Å². The molecule has 1 heterocycles. The lowest BCUT2D eigenvalue weighted by molar-refractivity contribution is -0.130. The van der Waals surface area contributed by atoms with Gasteiger partial charge in [-0.3, -0.25) is 4.79 Å². The minimum absolute atomic E-state index is 0.0241. The first-order valence-electron chi connectivity index (χ1n) is 7.50. The summed E-state index contributed by atoms with van der Waals surface area (Å²) in [5.74, 6) is -0.568. The minimum atomic E-state index is -3.88. The number of nitrogens with zero attached hydrogens (tertiary/aromatic N) is 3. The fourth-order valence-electron chi connectivity index (χ4n) is 2.35. The zero-order valence-corrected chi connectivity index (χ0v) is 15.3. The van der Waals surface area contributed by atoms with E-state index in [1.54, 1.807) is 19.2 Å². The van der Waals surface area contributed by atoms with E-state index >= 15 is 0 Å². The van der Waals surface area contributed by atoms with E-state index in [0.717, 1.165) is 9.87 Å². The lowest BCUT2D eigenvalue weighted by atomic mass is 10.2. The Labute approximate surface area is 146 Å². The van der Waals surface area contributed by atoms with E-state index in [9.17, 15) is 17.6 Å². The van der Waals surface area contributed by atoms with Crippen LogP contribution < -0.4 is 0 Å². The molecule has 9 heteroatoms. The van der Waals surface area contributed by atoms with Crippen LogP contribution in [-0.4, -0.2) is 49.3 Å². The van der Waals surface area contributed by atoms with Crippen molar-refractivity contribution in [1.82, 2.24) is 14.4 Å². The summed E-state index contributed by atoms with van der Waals surface area (Å²) in [6, 6.07) is 5.76. The number of carbonyl (C=O) groups excluding carboxylic acids is 1. The third kappa shape index (κ3) is 4.23. The first-order valence-corrected chi connectivity index (χ1v) is 8.94. The van der Waals surface area contributed by atoms with Gasteiger partial charge in [-0.2, -0.15) is 4.31 Å². The Kier molecular flexibility index (Phi) is 5.58. The highest BCUT2D eigenvalue weighted by Gasteiger charge is 2.30. The van der Waals surface area contributed by atoms with Crippen LogP contribution in [0.5, 0.6) is 0 Å². The van der Waals surface area contributed by atoms with Crippen LogP contribution in [0.3, 0.4) is 0 Å². The van der Waals surface area contributed by atoms with E-state index in [0.29, 0.717) is 0 Å². The lowest BCUT2D eigenvalue weighted by Crippen LogP contribution is -2.39. The van der Waals surface area contributed by atoms with Crippen molar-refractivity contribution < 1.29 is 22.1 Å². The molecule has 1 aromatic carbocycles. The maximum atomic E-state index is 12.9. The molecule has 1 amide bonds. The van der Waals surface area contributed by atoms with Crippen LogP contribution in [0.4, 0.5) is 4.39 Å². The molecule has 0 atom stereocenters. The number of carbonyl (C=O) groups is 1. The molecule has 1 aromatic heterocycles. The van der Waals surface area contributed by atoms with Gasteiger partial charge in [-0.1, -0.05) is 17.3 Å². The third-order valence-corrected chi connectivity index (χ3v) is 5.80. The summed E-state index contributed by atoms with van der Waals surface area (Å²) in [5, 5.41) is 3.64. The second kappa shape index (κ2) is 7.32. The zero-order chi connectivity index (χ0) is 18.8. The first-order chi connectivity index (χ1) is 11.6. The topological polar surface area (TPSA) is 83.7 Å². The van der Waals surface area contributed by atoms with Crippen LogP contribution in [0.1, 0.15) is 17.0 Å². The average molecular weight is 369 g/mol. The molecule has 0 aliphatic carbocycles. The molecule has 0 spiro atoms. The number of likely N-dealkylation sites (N-methyl/N-ethyl adjacent to an activating group) is 2. The van der Waals surface area contributed by atoms with Crippen LogP contribution in [0.2, 0.25) is 0 Å². The van der Waals surface area contributed by atoms with Gasteiger partial charge < -0.3 is 9.42 Å². The molecule has 0 aliphatic rings. The van der Waals surface area contributed by atoms with Gasteiger partial charge in [-0.15, -0.1) is 0 Å². The largest absolute Gasteiger partial charge is 0.360 e. The summed E-state index contributed by atoms with van der Waals surface area (Å²) >= 11 is 0. The number of hydrogen-bond acceptors (Lipinski definition) is 5. The molecule has 0 radical (unpaired) electrons. The zero-order valence-electron chi connectivity index (χ0n) is 14.5. The summed E-state index contributed by atoms with van der Waals surface area (Å²) in [6.45, 7) is 2.95. The van der Waals surface area contributed by atoms with Crippen molar-refractivity contribution in [1.29, 1.82) is 0 Å². The maximum absolute atomic E-state index is 12.9. The number of rotatable bonds is 6. The van der Waals surface area contributed by atoms with Crippen molar-refractivity contribution >= 4 is 15.9 Å². The van der Waals surface area contributed by atoms with Gasteiger partial charge in [0.2, 0.25) is 15.9 Å². The number of benzene rings is 1. The van der Waals surface area contributed by atoms with Crippen molar-refractivity contribution in [3.8, 4) is 0 Å². The Balaban J connectivity index is 2.07. The molecule has 0 bridgehead atoms. The number of amides is 1. The normalized spacial score (nSPS) is 11.8.